The van der Waals surface area contributed by atoms with Crippen LogP contribution < -0.4 is 4.74 Å². The summed E-state index contributed by atoms with van der Waals surface area (Å²) in [7, 11) is 0. The molecule has 0 saturated carbocycles. The van der Waals surface area contributed by atoms with Crippen LogP contribution in [0.2, 0.25) is 0 Å². The minimum Gasteiger partial charge on any atom is -0.404 e. The third-order valence-electron chi connectivity index (χ3n) is 1.35. The number of nitriles is 1. The van der Waals surface area contributed by atoms with Gasteiger partial charge in [0.25, 0.3) is 0 Å². The highest BCUT2D eigenvalue weighted by Crippen LogP contribution is 2.33. The molecule has 0 saturated heterocycles. The molecule has 0 aromatic heterocycles. The lowest BCUT2D eigenvalue weighted by Gasteiger charge is -2.10. The fraction of sp³-hybridized carbons (Fsp3) is 0.125. The molecule has 80 valence electrons. The number of alkyl halides is 3. The topological polar surface area (TPSA) is 33.0 Å². The standard InChI is InChI=1S/C8H2BrF4NO/c9-7-5(10)1-4(3-14)2-6(7)15-8(11,12)13/h1-2H. The van der Waals surface area contributed by atoms with Gasteiger partial charge in [0.2, 0.25) is 0 Å². The Morgan fingerprint density at radius 1 is 1.33 bits per heavy atom. The van der Waals surface area contributed by atoms with Crippen LogP contribution in [0.25, 0.3) is 0 Å². The molecule has 1 rings (SSSR count). The Hall–Kier alpha value is -1.29. The molecule has 0 aliphatic carbocycles. The summed E-state index contributed by atoms with van der Waals surface area (Å²) in [5.41, 5.74) is -0.255. The minimum absolute atomic E-state index is 0.255. The van der Waals surface area contributed by atoms with Gasteiger partial charge in [-0.25, -0.2) is 4.39 Å². The summed E-state index contributed by atoms with van der Waals surface area (Å²) in [6.07, 6.45) is -4.93. The largest absolute Gasteiger partial charge is 0.573 e. The van der Waals surface area contributed by atoms with Gasteiger partial charge in [-0.05, 0) is 28.1 Å². The Morgan fingerprint density at radius 2 is 1.93 bits per heavy atom. The van der Waals surface area contributed by atoms with Crippen molar-refractivity contribution in [2.45, 2.75) is 6.36 Å². The summed E-state index contributed by atoms with van der Waals surface area (Å²) in [4.78, 5) is 0. The molecule has 0 radical (unpaired) electrons. The number of halogens is 5. The van der Waals surface area contributed by atoms with Gasteiger partial charge >= 0.3 is 6.36 Å². The van der Waals surface area contributed by atoms with E-state index in [0.29, 0.717) is 0 Å². The fourth-order valence-corrected chi connectivity index (χ4v) is 1.14. The molecule has 0 aliphatic heterocycles. The van der Waals surface area contributed by atoms with Crippen molar-refractivity contribution in [3.63, 3.8) is 0 Å². The van der Waals surface area contributed by atoms with E-state index in [4.69, 9.17) is 5.26 Å². The van der Waals surface area contributed by atoms with Crippen LogP contribution in [-0.2, 0) is 0 Å². The first-order valence-electron chi connectivity index (χ1n) is 3.48. The van der Waals surface area contributed by atoms with Gasteiger partial charge in [0.1, 0.15) is 11.6 Å². The van der Waals surface area contributed by atoms with Gasteiger partial charge in [0.05, 0.1) is 16.1 Å². The summed E-state index contributed by atoms with van der Waals surface area (Å²) in [5.74, 6) is -1.77. The lowest BCUT2D eigenvalue weighted by Crippen LogP contribution is -2.17. The Morgan fingerprint density at radius 3 is 2.40 bits per heavy atom. The van der Waals surface area contributed by atoms with Crippen LogP contribution in [0.3, 0.4) is 0 Å². The van der Waals surface area contributed by atoms with Crippen molar-refractivity contribution < 1.29 is 22.3 Å². The molecule has 2 nitrogen and oxygen atoms in total. The van der Waals surface area contributed by atoms with Crippen molar-refractivity contribution >= 4 is 15.9 Å². The van der Waals surface area contributed by atoms with Crippen molar-refractivity contribution in [3.05, 3.63) is 28.0 Å². The zero-order valence-corrected chi connectivity index (χ0v) is 8.49. The van der Waals surface area contributed by atoms with Gasteiger partial charge in [-0.15, -0.1) is 13.2 Å². The van der Waals surface area contributed by atoms with E-state index in [1.165, 1.54) is 6.07 Å². The van der Waals surface area contributed by atoms with Gasteiger partial charge in [0.15, 0.2) is 0 Å². The molecule has 0 aliphatic rings. The second kappa shape index (κ2) is 4.06. The maximum absolute atomic E-state index is 13.0. The van der Waals surface area contributed by atoms with Gasteiger partial charge in [-0.3, -0.25) is 0 Å². The lowest BCUT2D eigenvalue weighted by molar-refractivity contribution is -0.275. The second-order valence-electron chi connectivity index (χ2n) is 2.43. The van der Waals surface area contributed by atoms with Crippen LogP contribution in [0.15, 0.2) is 16.6 Å². The van der Waals surface area contributed by atoms with Gasteiger partial charge in [0, 0.05) is 0 Å². The molecule has 1 aromatic carbocycles. The van der Waals surface area contributed by atoms with Gasteiger partial charge in [-0.1, -0.05) is 0 Å². The second-order valence-corrected chi connectivity index (χ2v) is 3.22. The average molecular weight is 284 g/mol. The van der Waals surface area contributed by atoms with Crippen molar-refractivity contribution in [2.24, 2.45) is 0 Å². The zero-order valence-electron chi connectivity index (χ0n) is 6.90. The maximum Gasteiger partial charge on any atom is 0.573 e. The molecule has 0 bridgehead atoms. The molecule has 0 unspecified atom stereocenters. The van der Waals surface area contributed by atoms with E-state index >= 15 is 0 Å². The highest BCUT2D eigenvalue weighted by atomic mass is 79.9. The van der Waals surface area contributed by atoms with E-state index in [-0.39, 0.29) is 5.56 Å². The fourth-order valence-electron chi connectivity index (χ4n) is 0.827. The monoisotopic (exact) mass is 283 g/mol. The SMILES string of the molecule is N#Cc1cc(F)c(Br)c(OC(F)(F)F)c1. The summed E-state index contributed by atoms with van der Waals surface area (Å²) in [6, 6.07) is 3.10. The lowest BCUT2D eigenvalue weighted by atomic mass is 10.2. The summed E-state index contributed by atoms with van der Waals surface area (Å²) in [5, 5.41) is 8.41. The first-order chi connectivity index (χ1) is 6.83. The average Bonchev–Trinajstić information content (AvgIpc) is 2.10. The molecule has 0 fully saturated rings. The molecule has 0 spiro atoms. The van der Waals surface area contributed by atoms with Crippen LogP contribution in [0.4, 0.5) is 17.6 Å². The van der Waals surface area contributed by atoms with Crippen LogP contribution in [0.5, 0.6) is 5.75 Å². The van der Waals surface area contributed by atoms with E-state index < -0.39 is 22.4 Å². The summed E-state index contributed by atoms with van der Waals surface area (Å²) in [6.45, 7) is 0. The van der Waals surface area contributed by atoms with Gasteiger partial charge in [-0.2, -0.15) is 5.26 Å². The molecule has 15 heavy (non-hydrogen) atoms. The zero-order chi connectivity index (χ0) is 11.6. The Balaban J connectivity index is 3.18. The molecule has 0 heterocycles. The quantitative estimate of drug-likeness (QED) is 0.741. The van der Waals surface area contributed by atoms with Crippen LogP contribution >= 0.6 is 15.9 Å². The number of benzene rings is 1. The number of hydrogen-bond donors (Lipinski definition) is 0. The first kappa shape index (κ1) is 11.8. The number of ether oxygens (including phenoxy) is 1. The summed E-state index contributed by atoms with van der Waals surface area (Å²) >= 11 is 2.59. The Bertz CT molecular complexity index is 424. The number of rotatable bonds is 1. The highest BCUT2D eigenvalue weighted by molar-refractivity contribution is 9.10. The first-order valence-corrected chi connectivity index (χ1v) is 4.27. The minimum atomic E-state index is -4.93. The molecular weight excluding hydrogens is 282 g/mol. The molecule has 0 atom stereocenters. The van der Waals surface area contributed by atoms with Crippen LogP contribution in [0.1, 0.15) is 5.56 Å². The normalized spacial score (nSPS) is 10.9. The maximum atomic E-state index is 13.0. The van der Waals surface area contributed by atoms with E-state index in [2.05, 4.69) is 20.7 Å². The molecular formula is C8H2BrF4NO. The number of hydrogen-bond acceptors (Lipinski definition) is 2. The third kappa shape index (κ3) is 3.09. The van der Waals surface area contributed by atoms with E-state index in [0.717, 1.165) is 12.1 Å². The smallest absolute Gasteiger partial charge is 0.404 e. The van der Waals surface area contributed by atoms with Crippen molar-refractivity contribution in [1.29, 1.82) is 5.26 Å². The van der Waals surface area contributed by atoms with E-state index in [1.54, 1.807) is 0 Å². The molecule has 0 amide bonds. The predicted octanol–water partition coefficient (Wildman–Crippen LogP) is 3.36. The molecule has 1 aromatic rings. The van der Waals surface area contributed by atoms with Crippen LogP contribution in [-0.4, -0.2) is 6.36 Å². The van der Waals surface area contributed by atoms with Gasteiger partial charge < -0.3 is 4.74 Å². The summed E-state index contributed by atoms with van der Waals surface area (Å²) < 4.78 is 51.5. The Labute approximate surface area is 90.2 Å². The van der Waals surface area contributed by atoms with Crippen LogP contribution in [0, 0.1) is 17.1 Å². The Kier molecular flexibility index (Phi) is 3.19. The third-order valence-corrected chi connectivity index (χ3v) is 2.12. The van der Waals surface area contributed by atoms with E-state index in [1.807, 2.05) is 0 Å². The number of nitrogens with zero attached hydrogens (tertiary/aromatic N) is 1. The van der Waals surface area contributed by atoms with E-state index in [9.17, 15) is 17.6 Å². The predicted molar refractivity (Wildman–Crippen MR) is 45.5 cm³/mol. The molecule has 0 N–H and O–H groups in total. The highest BCUT2D eigenvalue weighted by Gasteiger charge is 2.32. The molecule has 7 heteroatoms. The van der Waals surface area contributed by atoms with Crippen molar-refractivity contribution in [1.82, 2.24) is 0 Å². The van der Waals surface area contributed by atoms with Crippen molar-refractivity contribution in [2.75, 3.05) is 0 Å². The van der Waals surface area contributed by atoms with Crippen molar-refractivity contribution in [3.8, 4) is 11.8 Å².